The van der Waals surface area contributed by atoms with Gasteiger partial charge in [-0.05, 0) is 18.5 Å². The predicted molar refractivity (Wildman–Crippen MR) is 85.9 cm³/mol. The van der Waals surface area contributed by atoms with Crippen LogP contribution in [0.4, 0.5) is 4.79 Å². The Morgan fingerprint density at radius 3 is 2.43 bits per heavy atom. The third kappa shape index (κ3) is 5.90. The lowest BCUT2D eigenvalue weighted by atomic mass is 10.2. The number of hydrogen-bond acceptors (Lipinski definition) is 5. The highest BCUT2D eigenvalue weighted by Gasteiger charge is 2.22. The molecule has 0 radical (unpaired) electrons. The second-order valence-corrected chi connectivity index (χ2v) is 5.55. The Bertz CT molecular complexity index is 499. The number of esters is 1. The topological polar surface area (TPSA) is 59.1 Å². The van der Waals surface area contributed by atoms with E-state index in [0.717, 1.165) is 31.6 Å². The van der Waals surface area contributed by atoms with Crippen LogP contribution < -0.4 is 0 Å². The molecule has 0 N–H and O–H groups in total. The smallest absolute Gasteiger partial charge is 0.410 e. The molecule has 6 nitrogen and oxygen atoms in total. The van der Waals surface area contributed by atoms with E-state index in [1.54, 1.807) is 4.90 Å². The number of methoxy groups -OCH3 is 1. The van der Waals surface area contributed by atoms with Crippen LogP contribution in [0.3, 0.4) is 0 Å². The maximum atomic E-state index is 12.0. The van der Waals surface area contributed by atoms with Crippen LogP contribution >= 0.6 is 0 Å². The zero-order valence-corrected chi connectivity index (χ0v) is 13.6. The van der Waals surface area contributed by atoms with Crippen molar-refractivity contribution >= 4 is 12.1 Å². The van der Waals surface area contributed by atoms with Crippen molar-refractivity contribution in [1.29, 1.82) is 0 Å². The van der Waals surface area contributed by atoms with E-state index in [1.165, 1.54) is 7.11 Å². The molecule has 0 aromatic heterocycles. The van der Waals surface area contributed by atoms with Crippen LogP contribution in [-0.4, -0.2) is 61.7 Å². The number of carbonyl (C=O) groups excluding carboxylic acids is 2. The Kier molecular flexibility index (Phi) is 6.87. The minimum Gasteiger partial charge on any atom is -0.469 e. The van der Waals surface area contributed by atoms with Gasteiger partial charge in [-0.2, -0.15) is 0 Å². The van der Waals surface area contributed by atoms with Crippen LogP contribution in [0.25, 0.3) is 0 Å². The molecule has 0 atom stereocenters. The number of hydrogen-bond donors (Lipinski definition) is 0. The molecule has 1 saturated heterocycles. The summed E-state index contributed by atoms with van der Waals surface area (Å²) in [6.45, 7) is 4.09. The van der Waals surface area contributed by atoms with Gasteiger partial charge in [-0.25, -0.2) is 4.79 Å². The number of amides is 1. The van der Waals surface area contributed by atoms with Crippen LogP contribution in [0.15, 0.2) is 30.3 Å². The summed E-state index contributed by atoms with van der Waals surface area (Å²) in [6, 6.07) is 9.66. The monoisotopic (exact) mass is 320 g/mol. The fourth-order valence-electron chi connectivity index (χ4n) is 2.51. The average molecular weight is 320 g/mol. The van der Waals surface area contributed by atoms with Crippen molar-refractivity contribution in [3.05, 3.63) is 35.9 Å². The molecule has 1 aromatic carbocycles. The molecule has 0 unspecified atom stereocenters. The number of benzene rings is 1. The van der Waals surface area contributed by atoms with Crippen molar-refractivity contribution in [2.45, 2.75) is 19.4 Å². The van der Waals surface area contributed by atoms with Gasteiger partial charge in [0.1, 0.15) is 6.61 Å². The summed E-state index contributed by atoms with van der Waals surface area (Å²) in [4.78, 5) is 27.1. The van der Waals surface area contributed by atoms with E-state index in [-0.39, 0.29) is 12.1 Å². The molecule has 1 fully saturated rings. The Balaban J connectivity index is 1.63. The van der Waals surface area contributed by atoms with Crippen molar-refractivity contribution in [1.82, 2.24) is 9.80 Å². The lowest BCUT2D eigenvalue weighted by Crippen LogP contribution is -2.49. The number of carbonyl (C=O) groups is 2. The van der Waals surface area contributed by atoms with Gasteiger partial charge in [0.2, 0.25) is 0 Å². The van der Waals surface area contributed by atoms with E-state index in [4.69, 9.17) is 4.74 Å². The molecule has 0 saturated carbocycles. The third-order valence-electron chi connectivity index (χ3n) is 3.92. The number of nitrogens with zero attached hydrogens (tertiary/aromatic N) is 2. The van der Waals surface area contributed by atoms with E-state index in [9.17, 15) is 9.59 Å². The molecular formula is C17H24N2O4. The maximum Gasteiger partial charge on any atom is 0.410 e. The lowest BCUT2D eigenvalue weighted by molar-refractivity contribution is -0.140. The van der Waals surface area contributed by atoms with Gasteiger partial charge >= 0.3 is 12.1 Å². The largest absolute Gasteiger partial charge is 0.469 e. The van der Waals surface area contributed by atoms with Crippen molar-refractivity contribution in [3.63, 3.8) is 0 Å². The SMILES string of the molecule is COC(=O)CCCN1CCN(C(=O)OCc2ccccc2)CC1. The van der Waals surface area contributed by atoms with Gasteiger partial charge in [-0.3, -0.25) is 9.69 Å². The molecule has 1 aliphatic rings. The molecule has 1 aliphatic heterocycles. The molecule has 0 bridgehead atoms. The van der Waals surface area contributed by atoms with Gasteiger partial charge in [-0.1, -0.05) is 30.3 Å². The second kappa shape index (κ2) is 9.15. The molecule has 1 heterocycles. The maximum absolute atomic E-state index is 12.0. The van der Waals surface area contributed by atoms with Crippen molar-refractivity contribution in [2.24, 2.45) is 0 Å². The molecule has 1 aromatic rings. The van der Waals surface area contributed by atoms with E-state index < -0.39 is 0 Å². The summed E-state index contributed by atoms with van der Waals surface area (Å²) in [5.41, 5.74) is 0.988. The van der Waals surface area contributed by atoms with Gasteiger partial charge in [0, 0.05) is 32.6 Å². The van der Waals surface area contributed by atoms with Crippen molar-refractivity contribution in [3.8, 4) is 0 Å². The summed E-state index contributed by atoms with van der Waals surface area (Å²) >= 11 is 0. The fraction of sp³-hybridized carbons (Fsp3) is 0.529. The first-order valence-corrected chi connectivity index (χ1v) is 7.94. The standard InChI is InChI=1S/C17H24N2O4/c1-22-16(20)8-5-9-18-10-12-19(13-11-18)17(21)23-14-15-6-3-2-4-7-15/h2-4,6-7H,5,8-14H2,1H3. The number of rotatable bonds is 6. The van der Waals surface area contributed by atoms with Gasteiger partial charge in [0.25, 0.3) is 0 Å². The van der Waals surface area contributed by atoms with Crippen LogP contribution in [0.1, 0.15) is 18.4 Å². The highest BCUT2D eigenvalue weighted by molar-refractivity contribution is 5.69. The molecule has 126 valence electrons. The van der Waals surface area contributed by atoms with E-state index in [1.807, 2.05) is 30.3 Å². The van der Waals surface area contributed by atoms with Crippen LogP contribution in [0, 0.1) is 0 Å². The molecule has 6 heteroatoms. The first-order chi connectivity index (χ1) is 11.2. The molecule has 1 amide bonds. The minimum absolute atomic E-state index is 0.173. The Labute approximate surface area is 137 Å². The number of ether oxygens (including phenoxy) is 2. The quantitative estimate of drug-likeness (QED) is 0.749. The van der Waals surface area contributed by atoms with Gasteiger partial charge in [0.15, 0.2) is 0 Å². The van der Waals surface area contributed by atoms with Crippen molar-refractivity contribution < 1.29 is 19.1 Å². The summed E-state index contributed by atoms with van der Waals surface area (Å²) in [6.07, 6.45) is 0.962. The van der Waals surface area contributed by atoms with Crippen LogP contribution in [0.2, 0.25) is 0 Å². The normalized spacial score (nSPS) is 15.3. The minimum atomic E-state index is -0.261. The lowest BCUT2D eigenvalue weighted by Gasteiger charge is -2.34. The highest BCUT2D eigenvalue weighted by atomic mass is 16.6. The highest BCUT2D eigenvalue weighted by Crippen LogP contribution is 2.08. The summed E-state index contributed by atoms with van der Waals surface area (Å²) < 4.78 is 9.96. The van der Waals surface area contributed by atoms with E-state index in [2.05, 4.69) is 9.64 Å². The second-order valence-electron chi connectivity index (χ2n) is 5.55. The van der Waals surface area contributed by atoms with Gasteiger partial charge < -0.3 is 14.4 Å². The molecular weight excluding hydrogens is 296 g/mol. The Hall–Kier alpha value is -2.08. The third-order valence-corrected chi connectivity index (χ3v) is 3.92. The summed E-state index contributed by atoms with van der Waals surface area (Å²) in [5, 5.41) is 0. The zero-order chi connectivity index (χ0) is 16.5. The average Bonchev–Trinajstić information content (AvgIpc) is 2.61. The first kappa shape index (κ1) is 17.3. The number of piperazine rings is 1. The van der Waals surface area contributed by atoms with Crippen LogP contribution in [-0.2, 0) is 20.9 Å². The van der Waals surface area contributed by atoms with E-state index in [0.29, 0.717) is 26.1 Å². The van der Waals surface area contributed by atoms with E-state index >= 15 is 0 Å². The Morgan fingerprint density at radius 1 is 1.09 bits per heavy atom. The molecule has 23 heavy (non-hydrogen) atoms. The first-order valence-electron chi connectivity index (χ1n) is 7.94. The summed E-state index contributed by atoms with van der Waals surface area (Å²) in [5.74, 6) is -0.173. The zero-order valence-electron chi connectivity index (χ0n) is 13.6. The van der Waals surface area contributed by atoms with Gasteiger partial charge in [0.05, 0.1) is 7.11 Å². The van der Waals surface area contributed by atoms with Crippen LogP contribution in [0.5, 0.6) is 0 Å². The van der Waals surface area contributed by atoms with Crippen molar-refractivity contribution in [2.75, 3.05) is 39.8 Å². The fourth-order valence-corrected chi connectivity index (χ4v) is 2.51. The molecule has 2 rings (SSSR count). The van der Waals surface area contributed by atoms with Gasteiger partial charge in [-0.15, -0.1) is 0 Å². The predicted octanol–water partition coefficient (Wildman–Crippen LogP) is 1.89. The Morgan fingerprint density at radius 2 is 1.78 bits per heavy atom. The summed E-state index contributed by atoms with van der Waals surface area (Å²) in [7, 11) is 1.40. The molecule has 0 aliphatic carbocycles. The molecule has 0 spiro atoms.